The van der Waals surface area contributed by atoms with E-state index in [4.69, 9.17) is 9.47 Å². The van der Waals surface area contributed by atoms with Gasteiger partial charge in [-0.1, -0.05) is 0 Å². The van der Waals surface area contributed by atoms with E-state index in [1.54, 1.807) is 13.8 Å². The van der Waals surface area contributed by atoms with Crippen molar-refractivity contribution in [2.75, 3.05) is 13.2 Å². The Morgan fingerprint density at radius 2 is 1.12 bits per heavy atom. The van der Waals surface area contributed by atoms with Crippen molar-refractivity contribution in [3.63, 3.8) is 0 Å². The summed E-state index contributed by atoms with van der Waals surface area (Å²) in [6, 6.07) is -1.32. The van der Waals surface area contributed by atoms with Crippen molar-refractivity contribution in [2.45, 2.75) is 50.4 Å². The second-order valence-corrected chi connectivity index (χ2v) is 12.1. The molecule has 0 aromatic carbocycles. The van der Waals surface area contributed by atoms with Crippen molar-refractivity contribution in [2.24, 2.45) is 0 Å². The van der Waals surface area contributed by atoms with Crippen LogP contribution < -0.4 is 10.6 Å². The van der Waals surface area contributed by atoms with Gasteiger partial charge in [-0.3, -0.25) is 0 Å². The maximum absolute atomic E-state index is 11.8. The van der Waals surface area contributed by atoms with Crippen LogP contribution in [0.25, 0.3) is 0 Å². The summed E-state index contributed by atoms with van der Waals surface area (Å²) >= 11 is 0.103. The van der Waals surface area contributed by atoms with E-state index in [9.17, 15) is 19.2 Å². The first-order valence-electron chi connectivity index (χ1n) is 7.43. The average Bonchev–Trinajstić information content (AvgIpc) is 2.48. The van der Waals surface area contributed by atoms with Crippen LogP contribution in [-0.4, -0.2) is 75.3 Å². The first kappa shape index (κ1) is 22.9. The molecule has 0 fully saturated rings. The molecule has 8 nitrogen and oxygen atoms in total. The maximum atomic E-state index is 11.8. The summed E-state index contributed by atoms with van der Waals surface area (Å²) in [6.07, 6.45) is 0. The molecule has 2 unspecified atom stereocenters. The number of amides is 2. The van der Waals surface area contributed by atoms with E-state index in [-0.39, 0.29) is 51.3 Å². The van der Waals surface area contributed by atoms with Gasteiger partial charge < -0.3 is 0 Å². The Balaban J connectivity index is 4.44. The van der Waals surface area contributed by atoms with Crippen molar-refractivity contribution >= 4 is 50.0 Å². The van der Waals surface area contributed by atoms with Crippen LogP contribution in [0.2, 0.25) is 10.6 Å². The molecule has 2 N–H and O–H groups in total. The van der Waals surface area contributed by atoms with Crippen LogP contribution in [0.15, 0.2) is 0 Å². The van der Waals surface area contributed by atoms with Gasteiger partial charge in [0.2, 0.25) is 0 Å². The van der Waals surface area contributed by atoms with Crippen molar-refractivity contribution < 1.29 is 28.7 Å². The van der Waals surface area contributed by atoms with Crippen LogP contribution in [0.3, 0.4) is 0 Å². The molecule has 0 radical (unpaired) electrons. The third-order valence-electron chi connectivity index (χ3n) is 2.45. The zero-order valence-corrected chi connectivity index (χ0v) is 17.7. The molecule has 0 saturated carbocycles. The third kappa shape index (κ3) is 10.6. The monoisotopic (exact) mass is 476 g/mol. The molecule has 10 heteroatoms. The van der Waals surface area contributed by atoms with Gasteiger partial charge in [-0.15, -0.1) is 0 Å². The molecule has 0 aromatic rings. The number of hydrogen-bond acceptors (Lipinski definition) is 6. The van der Waals surface area contributed by atoms with Gasteiger partial charge in [-0.2, -0.15) is 0 Å². The van der Waals surface area contributed by atoms with Crippen LogP contribution in [0.1, 0.15) is 27.7 Å². The Morgan fingerprint density at radius 1 is 0.792 bits per heavy atom. The average molecular weight is 474 g/mol. The van der Waals surface area contributed by atoms with Gasteiger partial charge in [0.25, 0.3) is 0 Å². The fraction of sp³-hybridized carbons (Fsp3) is 0.714. The molecule has 0 aliphatic rings. The van der Waals surface area contributed by atoms with Crippen molar-refractivity contribution in [1.82, 2.24) is 10.6 Å². The van der Waals surface area contributed by atoms with Crippen LogP contribution in [0, 0.1) is 0 Å². The first-order valence-corrected chi connectivity index (χ1v) is 14.2. The summed E-state index contributed by atoms with van der Waals surface area (Å²) in [5.74, 6) is -1.48. The minimum absolute atomic E-state index is 0.0517. The van der Waals surface area contributed by atoms with Gasteiger partial charge in [0.1, 0.15) is 0 Å². The van der Waals surface area contributed by atoms with Crippen molar-refractivity contribution in [1.29, 1.82) is 0 Å². The molecule has 0 aliphatic heterocycles. The third-order valence-corrected chi connectivity index (χ3v) is 9.55. The quantitative estimate of drug-likeness (QED) is 0.233. The normalized spacial score (nSPS) is 12.7. The number of carbonyl (C=O) groups is 4. The van der Waals surface area contributed by atoms with Gasteiger partial charge in [0, 0.05) is 0 Å². The van der Waals surface area contributed by atoms with Crippen LogP contribution in [0.5, 0.6) is 0 Å². The van der Waals surface area contributed by atoms with E-state index < -0.39 is 24.0 Å². The molecule has 0 bridgehead atoms. The molecule has 24 heavy (non-hydrogen) atoms. The fourth-order valence-electron chi connectivity index (χ4n) is 1.55. The number of hydrogen-bond donors (Lipinski definition) is 2. The topological polar surface area (TPSA) is 111 Å². The van der Waals surface area contributed by atoms with Crippen LogP contribution in [0.4, 0.5) is 0 Å². The van der Waals surface area contributed by atoms with Gasteiger partial charge in [0.05, 0.1) is 0 Å². The fourth-order valence-corrected chi connectivity index (χ4v) is 8.51. The summed E-state index contributed by atoms with van der Waals surface area (Å²) < 4.78 is 9.88. The summed E-state index contributed by atoms with van der Waals surface area (Å²) in [4.78, 5) is 45.9. The molecule has 0 heterocycles. The zero-order valence-electron chi connectivity index (χ0n) is 14.2. The van der Waals surface area contributed by atoms with E-state index in [1.807, 2.05) is 0 Å². The van der Waals surface area contributed by atoms with Gasteiger partial charge in [-0.05, 0) is 0 Å². The summed E-state index contributed by atoms with van der Waals surface area (Å²) in [5.41, 5.74) is 0. The Morgan fingerprint density at radius 3 is 1.38 bits per heavy atom. The Bertz CT molecular complexity index is 407. The molecule has 0 rings (SSSR count). The van der Waals surface area contributed by atoms with E-state index in [0.717, 1.165) is 0 Å². The second kappa shape index (κ2) is 13.2. The molecule has 0 aliphatic carbocycles. The summed E-state index contributed by atoms with van der Waals surface area (Å²) in [6.45, 7) is 6.60. The second-order valence-electron chi connectivity index (χ2n) is 4.58. The molecule has 2 atom stereocenters. The number of nitrogens with one attached hydrogen (secondary N) is 2. The number of rotatable bonds is 11. The molecule has 0 aromatic heterocycles. The van der Waals surface area contributed by atoms with Gasteiger partial charge in [0.15, 0.2) is 0 Å². The predicted octanol–water partition coefficient (Wildman–Crippen LogP) is -0.718. The SMILES string of the molecule is CCOC(=O)C(C[Se][Se]CC(NC(C)=O)C(=O)OCC)NC(C)=O. The Hall–Kier alpha value is -1.08. The van der Waals surface area contributed by atoms with Crippen LogP contribution in [-0.2, 0) is 28.7 Å². The van der Waals surface area contributed by atoms with Gasteiger partial charge in [-0.25, -0.2) is 0 Å². The molecule has 0 spiro atoms. The molecule has 138 valence electrons. The predicted molar refractivity (Wildman–Crippen MR) is 89.6 cm³/mol. The Kier molecular flexibility index (Phi) is 12.6. The first-order chi connectivity index (χ1) is 11.3. The number of esters is 2. The van der Waals surface area contributed by atoms with E-state index in [1.165, 1.54) is 13.8 Å². The molecular formula is C14H24N2O6Se2. The standard InChI is InChI=1S/C14H24N2O6Se2/c1-5-21-13(19)11(15-9(3)17)7-23-24-8-12(16-10(4)18)14(20)22-6-2/h11-12H,5-8H2,1-4H3,(H,15,17)(H,16,18). The summed E-state index contributed by atoms with van der Waals surface area (Å²) in [5, 5.41) is 6.13. The Labute approximate surface area is 153 Å². The van der Waals surface area contributed by atoms with E-state index >= 15 is 0 Å². The van der Waals surface area contributed by atoms with E-state index in [0.29, 0.717) is 10.6 Å². The minimum atomic E-state index is -0.661. The summed E-state index contributed by atoms with van der Waals surface area (Å²) in [7, 11) is 0. The van der Waals surface area contributed by atoms with Gasteiger partial charge >= 0.3 is 153 Å². The van der Waals surface area contributed by atoms with Crippen molar-refractivity contribution in [3.05, 3.63) is 0 Å². The number of ether oxygens (including phenoxy) is 2. The van der Waals surface area contributed by atoms with Crippen LogP contribution >= 0.6 is 0 Å². The molecule has 0 saturated heterocycles. The number of carbonyl (C=O) groups excluding carboxylic acids is 4. The zero-order chi connectivity index (χ0) is 18.5. The van der Waals surface area contributed by atoms with E-state index in [2.05, 4.69) is 10.6 Å². The molecule has 2 amide bonds. The molecular weight excluding hydrogens is 450 g/mol. The van der Waals surface area contributed by atoms with Crippen molar-refractivity contribution in [3.8, 4) is 0 Å².